The van der Waals surface area contributed by atoms with Gasteiger partial charge in [0, 0.05) is 17.2 Å². The monoisotopic (exact) mass is 541 g/mol. The number of esters is 1. The van der Waals surface area contributed by atoms with Gasteiger partial charge in [-0.3, -0.25) is 9.78 Å². The van der Waals surface area contributed by atoms with Crippen molar-refractivity contribution in [1.29, 1.82) is 0 Å². The van der Waals surface area contributed by atoms with Crippen LogP contribution in [-0.4, -0.2) is 57.6 Å². The summed E-state index contributed by atoms with van der Waals surface area (Å²) in [6.07, 6.45) is 1.44. The minimum Gasteiger partial charge on any atom is -0.478 e. The zero-order chi connectivity index (χ0) is 28.4. The Morgan fingerprint density at radius 2 is 1.73 bits per heavy atom. The first-order valence-corrected chi connectivity index (χ1v) is 12.6. The molecule has 2 aliphatic heterocycles. The normalized spacial score (nSPS) is 22.5. The first-order valence-electron chi connectivity index (χ1n) is 12.6. The Hall–Kier alpha value is -4.99. The number of fused-ring (bicyclic) bond motifs is 1. The van der Waals surface area contributed by atoms with Crippen molar-refractivity contribution in [3.63, 3.8) is 0 Å². The molecule has 1 unspecified atom stereocenters. The number of nitrogens with zero attached hydrogens (tertiary/aromatic N) is 2. The third-order valence-corrected chi connectivity index (χ3v) is 7.31. The number of primary amides is 1. The second-order valence-electron chi connectivity index (χ2n) is 10.1. The maximum atomic E-state index is 13.9. The molecule has 3 N–H and O–H groups in total. The van der Waals surface area contributed by atoms with Crippen molar-refractivity contribution in [2.45, 2.75) is 31.5 Å². The molecule has 0 aliphatic carbocycles. The fourth-order valence-electron chi connectivity index (χ4n) is 5.43. The van der Waals surface area contributed by atoms with E-state index in [0.717, 1.165) is 11.1 Å². The van der Waals surface area contributed by atoms with Crippen molar-refractivity contribution in [3.8, 4) is 0 Å². The molecule has 2 saturated heterocycles. The number of rotatable bonds is 8. The van der Waals surface area contributed by atoms with E-state index in [0.29, 0.717) is 11.3 Å². The lowest BCUT2D eigenvalue weighted by Gasteiger charge is -2.41. The van der Waals surface area contributed by atoms with Gasteiger partial charge in [-0.25, -0.2) is 14.4 Å². The highest BCUT2D eigenvalue weighted by atomic mass is 16.6. The summed E-state index contributed by atoms with van der Waals surface area (Å²) < 4.78 is 11.2. The van der Waals surface area contributed by atoms with E-state index in [1.807, 2.05) is 60.7 Å². The van der Waals surface area contributed by atoms with E-state index in [1.165, 1.54) is 29.3 Å². The molecule has 10 nitrogen and oxygen atoms in total. The van der Waals surface area contributed by atoms with E-state index >= 15 is 0 Å². The van der Waals surface area contributed by atoms with Crippen molar-refractivity contribution in [2.75, 3.05) is 6.61 Å². The van der Waals surface area contributed by atoms with Crippen LogP contribution < -0.4 is 5.73 Å². The highest BCUT2D eigenvalue weighted by molar-refractivity contribution is 6.08. The Morgan fingerprint density at radius 1 is 1.10 bits per heavy atom. The Morgan fingerprint density at radius 3 is 2.30 bits per heavy atom. The second kappa shape index (κ2) is 10.6. The Labute approximate surface area is 230 Å². The number of hydrogen-bond donors (Lipinski definition) is 2. The molecule has 1 aromatic heterocycles. The summed E-state index contributed by atoms with van der Waals surface area (Å²) in [5.41, 5.74) is 6.46. The van der Waals surface area contributed by atoms with Crippen LogP contribution in [0, 0.1) is 5.41 Å². The molecule has 3 atom stereocenters. The van der Waals surface area contributed by atoms with Gasteiger partial charge in [-0.15, -0.1) is 0 Å². The number of carboxylic acids is 1. The molecule has 40 heavy (non-hydrogen) atoms. The van der Waals surface area contributed by atoms with E-state index < -0.39 is 47.5 Å². The largest absolute Gasteiger partial charge is 0.478 e. The fourth-order valence-corrected chi connectivity index (χ4v) is 5.43. The van der Waals surface area contributed by atoms with E-state index in [1.54, 1.807) is 6.92 Å². The predicted molar refractivity (Wildman–Crippen MR) is 143 cm³/mol. The number of carbonyl (C=O) groups is 4. The first kappa shape index (κ1) is 26.6. The molecule has 3 heterocycles. The minimum absolute atomic E-state index is 0.0333. The number of aromatic carboxylic acids is 1. The average molecular weight is 542 g/mol. The van der Waals surface area contributed by atoms with Crippen LogP contribution in [0.2, 0.25) is 0 Å². The minimum atomic E-state index is -1.12. The Bertz CT molecular complexity index is 1450. The maximum absolute atomic E-state index is 13.9. The predicted octanol–water partition coefficient (Wildman–Crippen LogP) is 3.58. The zero-order valence-corrected chi connectivity index (χ0v) is 21.6. The summed E-state index contributed by atoms with van der Waals surface area (Å²) in [5.74, 6) is -2.17. The molecule has 0 saturated carbocycles. The summed E-state index contributed by atoms with van der Waals surface area (Å²) in [7, 11) is 0. The number of nitrogens with two attached hydrogens (primary N) is 1. The SMILES string of the molecule is C[C@@]1(COC(N)=O)CC2/C(=C\c3cc(C(=O)O)ccn3)C(=O)N2[C@H]1C(=O)OC(c1ccccc1)c1ccccc1. The second-order valence-corrected chi connectivity index (χ2v) is 10.1. The smallest absolute Gasteiger partial charge is 0.404 e. The quantitative estimate of drug-likeness (QED) is 0.250. The van der Waals surface area contributed by atoms with Gasteiger partial charge in [-0.05, 0) is 35.8 Å². The van der Waals surface area contributed by atoms with Crippen LogP contribution in [0.25, 0.3) is 6.08 Å². The van der Waals surface area contributed by atoms with Crippen molar-refractivity contribution >= 4 is 30.0 Å². The van der Waals surface area contributed by atoms with Gasteiger partial charge in [0.15, 0.2) is 6.10 Å². The number of aromatic nitrogens is 1. The van der Waals surface area contributed by atoms with Gasteiger partial charge < -0.3 is 25.2 Å². The number of amides is 2. The molecular formula is C30H27N3O7. The molecular weight excluding hydrogens is 514 g/mol. The van der Waals surface area contributed by atoms with E-state index in [-0.39, 0.29) is 18.6 Å². The molecule has 10 heteroatoms. The molecule has 2 fully saturated rings. The fraction of sp³-hybridized carbons (Fsp3) is 0.233. The molecule has 0 spiro atoms. The van der Waals surface area contributed by atoms with Gasteiger partial charge in [-0.2, -0.15) is 0 Å². The summed E-state index contributed by atoms with van der Waals surface area (Å²) >= 11 is 0. The average Bonchev–Trinajstić information content (AvgIpc) is 3.24. The maximum Gasteiger partial charge on any atom is 0.404 e. The lowest BCUT2D eigenvalue weighted by molar-refractivity contribution is -0.163. The molecule has 0 radical (unpaired) electrons. The molecule has 3 aromatic rings. The third-order valence-electron chi connectivity index (χ3n) is 7.31. The van der Waals surface area contributed by atoms with E-state index in [9.17, 15) is 24.3 Å². The number of carbonyl (C=O) groups excluding carboxylic acids is 3. The molecule has 204 valence electrons. The summed E-state index contributed by atoms with van der Waals surface area (Å²) in [6, 6.07) is 19.7. The molecule has 0 bridgehead atoms. The van der Waals surface area contributed by atoms with Crippen LogP contribution in [0.15, 0.2) is 84.6 Å². The lowest BCUT2D eigenvalue weighted by atomic mass is 9.81. The van der Waals surface area contributed by atoms with Crippen molar-refractivity contribution < 1.29 is 33.8 Å². The van der Waals surface area contributed by atoms with Crippen LogP contribution in [0.1, 0.15) is 46.6 Å². The molecule has 2 aliphatic rings. The summed E-state index contributed by atoms with van der Waals surface area (Å²) in [4.78, 5) is 55.8. The number of carboxylic acid groups (broad SMARTS) is 1. The number of hydrogen-bond acceptors (Lipinski definition) is 7. The highest BCUT2D eigenvalue weighted by Gasteiger charge is 2.63. The van der Waals surface area contributed by atoms with Gasteiger partial charge in [0.1, 0.15) is 12.6 Å². The first-order chi connectivity index (χ1) is 19.2. The van der Waals surface area contributed by atoms with Gasteiger partial charge in [-0.1, -0.05) is 67.6 Å². The summed E-state index contributed by atoms with van der Waals surface area (Å²) in [6.45, 7) is 1.54. The Balaban J connectivity index is 1.47. The van der Waals surface area contributed by atoms with Crippen LogP contribution in [0.3, 0.4) is 0 Å². The van der Waals surface area contributed by atoms with Gasteiger partial charge >= 0.3 is 18.0 Å². The highest BCUT2D eigenvalue weighted by Crippen LogP contribution is 2.50. The third kappa shape index (κ3) is 5.03. The van der Waals surface area contributed by atoms with Crippen molar-refractivity contribution in [1.82, 2.24) is 9.88 Å². The summed E-state index contributed by atoms with van der Waals surface area (Å²) in [5, 5.41) is 9.30. The van der Waals surface area contributed by atoms with Crippen LogP contribution in [0.5, 0.6) is 0 Å². The van der Waals surface area contributed by atoms with Gasteiger partial charge in [0.25, 0.3) is 5.91 Å². The van der Waals surface area contributed by atoms with Crippen molar-refractivity contribution in [3.05, 3.63) is 107 Å². The van der Waals surface area contributed by atoms with E-state index in [2.05, 4.69) is 4.98 Å². The van der Waals surface area contributed by atoms with Crippen LogP contribution >= 0.6 is 0 Å². The number of ether oxygens (including phenoxy) is 2. The lowest BCUT2D eigenvalue weighted by Crippen LogP contribution is -2.58. The molecule has 2 aromatic carbocycles. The number of pyridine rings is 1. The van der Waals surface area contributed by atoms with Crippen LogP contribution in [0.4, 0.5) is 4.79 Å². The van der Waals surface area contributed by atoms with Crippen molar-refractivity contribution in [2.24, 2.45) is 11.1 Å². The van der Waals surface area contributed by atoms with Crippen LogP contribution in [-0.2, 0) is 19.1 Å². The molecule has 2 amide bonds. The topological polar surface area (TPSA) is 149 Å². The Kier molecular flexibility index (Phi) is 7.08. The zero-order valence-electron chi connectivity index (χ0n) is 21.6. The number of benzene rings is 2. The van der Waals surface area contributed by atoms with Gasteiger partial charge in [0.05, 0.1) is 17.3 Å². The number of β-lactam (4-membered cyclic amide) rings is 1. The standard InChI is InChI=1S/C30H27N3O7/c1-30(17-39-29(31)38)16-23-22(15-21-14-20(27(35)36)12-13-32-21)26(34)33(23)25(30)28(37)40-24(18-8-4-2-5-9-18)19-10-6-3-7-11-19/h2-15,23-25H,16-17H2,1H3,(H2,31,38)(H,35,36)/b22-15+/t23?,25-,30-/m0/s1. The molecule has 5 rings (SSSR count). The van der Waals surface area contributed by atoms with Gasteiger partial charge in [0.2, 0.25) is 0 Å². The van der Waals surface area contributed by atoms with E-state index in [4.69, 9.17) is 15.2 Å².